The molecule has 0 aromatic heterocycles. The van der Waals surface area contributed by atoms with Crippen LogP contribution in [0.4, 0.5) is 0 Å². The normalized spacial score (nSPS) is 12.6. The van der Waals surface area contributed by atoms with E-state index < -0.39 is 7.82 Å². The molecule has 4 nitrogen and oxygen atoms in total. The molecule has 0 aliphatic rings. The van der Waals surface area contributed by atoms with Crippen LogP contribution in [-0.2, 0) is 9.09 Å². The van der Waals surface area contributed by atoms with Gasteiger partial charge < -0.3 is 9.05 Å². The minimum absolute atomic E-state index is 0.340. The van der Waals surface area contributed by atoms with Gasteiger partial charge in [0.05, 0.1) is 6.61 Å². The van der Waals surface area contributed by atoms with E-state index in [2.05, 4.69) is 13.8 Å². The Labute approximate surface area is 150 Å². The summed E-state index contributed by atoms with van der Waals surface area (Å²) in [7, 11) is -3.76. The first kappa shape index (κ1) is 19.6. The molecule has 1 atom stereocenters. The zero-order chi connectivity index (χ0) is 18.0. The fourth-order valence-electron chi connectivity index (χ4n) is 2.39. The predicted octanol–water partition coefficient (Wildman–Crippen LogP) is 6.49. The van der Waals surface area contributed by atoms with Crippen LogP contribution in [0.2, 0.25) is 0 Å². The van der Waals surface area contributed by atoms with Crippen molar-refractivity contribution in [1.82, 2.24) is 0 Å². The van der Waals surface area contributed by atoms with Crippen LogP contribution < -0.4 is 9.05 Å². The molecule has 5 heteroatoms. The first-order valence-electron chi connectivity index (χ1n) is 8.89. The molecule has 0 heterocycles. The molecule has 2 aromatic rings. The highest BCUT2D eigenvalue weighted by molar-refractivity contribution is 7.49. The van der Waals surface area contributed by atoms with Crippen molar-refractivity contribution in [3.8, 4) is 11.5 Å². The summed E-state index contributed by atoms with van der Waals surface area (Å²) in [6.45, 7) is 4.63. The Morgan fingerprint density at radius 1 is 0.880 bits per heavy atom. The number of para-hydroxylation sites is 2. The zero-order valence-corrected chi connectivity index (χ0v) is 15.9. The van der Waals surface area contributed by atoms with Crippen LogP contribution in [0.15, 0.2) is 60.7 Å². The van der Waals surface area contributed by atoms with Gasteiger partial charge in [0.25, 0.3) is 0 Å². The van der Waals surface area contributed by atoms with Crippen molar-refractivity contribution < 1.29 is 18.1 Å². The fourth-order valence-corrected chi connectivity index (χ4v) is 3.68. The maximum atomic E-state index is 13.2. The van der Waals surface area contributed by atoms with Gasteiger partial charge in [0.15, 0.2) is 0 Å². The minimum Gasteiger partial charge on any atom is -0.395 e. The van der Waals surface area contributed by atoms with E-state index in [0.717, 1.165) is 25.7 Å². The molecule has 0 unspecified atom stereocenters. The van der Waals surface area contributed by atoms with Gasteiger partial charge in [-0.3, -0.25) is 4.52 Å². The van der Waals surface area contributed by atoms with Gasteiger partial charge >= 0.3 is 7.82 Å². The standard InChI is InChI=1S/C20H27O4P/c1-3-5-12-18(4-2)17-22-25(21,23-19-13-8-6-9-14-19)24-20-15-10-7-11-16-20/h6-11,13-16,18H,3-5,12,17H2,1-2H3/t18-/m1/s1. The lowest BCUT2D eigenvalue weighted by Gasteiger charge is -2.21. The van der Waals surface area contributed by atoms with Crippen molar-refractivity contribution in [3.63, 3.8) is 0 Å². The van der Waals surface area contributed by atoms with Crippen molar-refractivity contribution in [2.24, 2.45) is 5.92 Å². The Morgan fingerprint density at radius 2 is 1.40 bits per heavy atom. The summed E-state index contributed by atoms with van der Waals surface area (Å²) >= 11 is 0. The van der Waals surface area contributed by atoms with Crippen molar-refractivity contribution in [2.45, 2.75) is 39.5 Å². The molecule has 0 bridgehead atoms. The summed E-state index contributed by atoms with van der Waals surface area (Å²) in [5.41, 5.74) is 0. The van der Waals surface area contributed by atoms with Crippen molar-refractivity contribution in [3.05, 3.63) is 60.7 Å². The van der Waals surface area contributed by atoms with Crippen molar-refractivity contribution in [1.29, 1.82) is 0 Å². The largest absolute Gasteiger partial charge is 0.587 e. The van der Waals surface area contributed by atoms with Crippen LogP contribution in [0.25, 0.3) is 0 Å². The molecule has 25 heavy (non-hydrogen) atoms. The number of hydrogen-bond donors (Lipinski definition) is 0. The first-order valence-corrected chi connectivity index (χ1v) is 10.3. The lowest BCUT2D eigenvalue weighted by atomic mass is 10.0. The Balaban J connectivity index is 2.09. The highest BCUT2D eigenvalue weighted by atomic mass is 31.2. The topological polar surface area (TPSA) is 44.8 Å². The van der Waals surface area contributed by atoms with E-state index in [1.165, 1.54) is 0 Å². The summed E-state index contributed by atoms with van der Waals surface area (Å²) in [5.74, 6) is 1.26. The quantitative estimate of drug-likeness (QED) is 0.429. The monoisotopic (exact) mass is 362 g/mol. The Hall–Kier alpha value is -1.77. The summed E-state index contributed by atoms with van der Waals surface area (Å²) in [4.78, 5) is 0. The van der Waals surface area contributed by atoms with E-state index in [4.69, 9.17) is 13.6 Å². The first-order chi connectivity index (χ1) is 12.1. The average Bonchev–Trinajstić information content (AvgIpc) is 2.63. The van der Waals surface area contributed by atoms with Crippen LogP contribution in [0.3, 0.4) is 0 Å². The molecule has 0 saturated heterocycles. The molecule has 2 aromatic carbocycles. The van der Waals surface area contributed by atoms with Gasteiger partial charge in [0, 0.05) is 0 Å². The molecule has 0 amide bonds. The predicted molar refractivity (Wildman–Crippen MR) is 101 cm³/mol. The summed E-state index contributed by atoms with van der Waals surface area (Å²) in [6.07, 6.45) is 4.28. The van der Waals surface area contributed by atoms with Gasteiger partial charge in [-0.2, -0.15) is 0 Å². The van der Waals surface area contributed by atoms with Gasteiger partial charge in [0.2, 0.25) is 0 Å². The molecule has 0 spiro atoms. The number of unbranched alkanes of at least 4 members (excludes halogenated alkanes) is 1. The van der Waals surface area contributed by atoms with Crippen molar-refractivity contribution in [2.75, 3.05) is 6.61 Å². The molecule has 136 valence electrons. The minimum atomic E-state index is -3.76. The van der Waals surface area contributed by atoms with Crippen LogP contribution in [0.1, 0.15) is 39.5 Å². The third-order valence-corrected chi connectivity index (χ3v) is 5.27. The third kappa shape index (κ3) is 6.93. The molecule has 0 N–H and O–H groups in total. The highest BCUT2D eigenvalue weighted by Crippen LogP contribution is 2.50. The van der Waals surface area contributed by atoms with Gasteiger partial charge in [-0.1, -0.05) is 69.5 Å². The molecular formula is C20H27O4P. The van der Waals surface area contributed by atoms with Crippen LogP contribution in [0.5, 0.6) is 11.5 Å². The molecule has 0 radical (unpaired) electrons. The third-order valence-electron chi connectivity index (χ3n) is 3.93. The summed E-state index contributed by atoms with van der Waals surface area (Å²) in [5, 5.41) is 0. The lowest BCUT2D eigenvalue weighted by Crippen LogP contribution is -2.12. The molecule has 0 fully saturated rings. The number of phosphoric acid groups is 1. The van der Waals surface area contributed by atoms with E-state index in [1.807, 2.05) is 36.4 Å². The Bertz CT molecular complexity index is 600. The van der Waals surface area contributed by atoms with Gasteiger partial charge in [-0.15, -0.1) is 0 Å². The van der Waals surface area contributed by atoms with Gasteiger partial charge in [-0.25, -0.2) is 4.57 Å². The van der Waals surface area contributed by atoms with Crippen LogP contribution in [0, 0.1) is 5.92 Å². The fraction of sp³-hybridized carbons (Fsp3) is 0.400. The van der Waals surface area contributed by atoms with E-state index in [9.17, 15) is 4.57 Å². The van der Waals surface area contributed by atoms with E-state index in [1.54, 1.807) is 24.3 Å². The van der Waals surface area contributed by atoms with E-state index in [0.29, 0.717) is 24.0 Å². The molecular weight excluding hydrogens is 335 g/mol. The second kappa shape index (κ2) is 10.3. The number of hydrogen-bond acceptors (Lipinski definition) is 4. The molecule has 0 aliphatic carbocycles. The molecule has 2 rings (SSSR count). The Morgan fingerprint density at radius 3 is 1.84 bits per heavy atom. The highest BCUT2D eigenvalue weighted by Gasteiger charge is 2.31. The number of phosphoric ester groups is 1. The van der Waals surface area contributed by atoms with Crippen LogP contribution in [-0.4, -0.2) is 6.61 Å². The SMILES string of the molecule is CCCC[C@@H](CC)COP(=O)(Oc1ccccc1)Oc1ccccc1. The smallest absolute Gasteiger partial charge is 0.395 e. The number of rotatable bonds is 11. The van der Waals surface area contributed by atoms with E-state index in [-0.39, 0.29) is 0 Å². The number of benzene rings is 2. The zero-order valence-electron chi connectivity index (χ0n) is 15.0. The van der Waals surface area contributed by atoms with Gasteiger partial charge in [0.1, 0.15) is 11.5 Å². The Kier molecular flexibility index (Phi) is 8.03. The maximum absolute atomic E-state index is 13.2. The summed E-state index contributed by atoms with van der Waals surface area (Å²) in [6, 6.07) is 17.9. The maximum Gasteiger partial charge on any atom is 0.587 e. The lowest BCUT2D eigenvalue weighted by molar-refractivity contribution is 0.170. The second-order valence-electron chi connectivity index (χ2n) is 5.97. The molecule has 0 saturated carbocycles. The van der Waals surface area contributed by atoms with Gasteiger partial charge in [-0.05, 0) is 36.6 Å². The summed E-state index contributed by atoms with van der Waals surface area (Å²) < 4.78 is 30.1. The molecule has 0 aliphatic heterocycles. The average molecular weight is 362 g/mol. The van der Waals surface area contributed by atoms with E-state index >= 15 is 0 Å². The second-order valence-corrected chi connectivity index (χ2v) is 7.49. The van der Waals surface area contributed by atoms with Crippen molar-refractivity contribution >= 4 is 7.82 Å². The van der Waals surface area contributed by atoms with Crippen LogP contribution >= 0.6 is 7.82 Å².